The van der Waals surface area contributed by atoms with Crippen molar-refractivity contribution in [2.24, 2.45) is 11.8 Å². The van der Waals surface area contributed by atoms with Crippen molar-refractivity contribution in [3.63, 3.8) is 0 Å². The fourth-order valence-electron chi connectivity index (χ4n) is 3.90. The van der Waals surface area contributed by atoms with E-state index in [-0.39, 0.29) is 48.6 Å². The van der Waals surface area contributed by atoms with Crippen molar-refractivity contribution in [3.8, 4) is 0 Å². The Balaban J connectivity index is 0.00000131. The number of fused-ring (bicyclic) bond motifs is 1. The maximum absolute atomic E-state index is 13.0. The first-order valence-corrected chi connectivity index (χ1v) is 10.1. The van der Waals surface area contributed by atoms with Crippen LogP contribution in [0.4, 0.5) is 0 Å². The Kier molecular flexibility index (Phi) is 8.10. The predicted molar refractivity (Wildman–Crippen MR) is 117 cm³/mol. The molecule has 7 heteroatoms. The van der Waals surface area contributed by atoms with Crippen molar-refractivity contribution in [2.75, 3.05) is 13.1 Å². The van der Waals surface area contributed by atoms with Gasteiger partial charge in [0.05, 0.1) is 21.1 Å². The van der Waals surface area contributed by atoms with E-state index in [1.54, 1.807) is 11.3 Å². The maximum Gasteiger partial charge on any atom is 0.224 e. The van der Waals surface area contributed by atoms with E-state index >= 15 is 0 Å². The van der Waals surface area contributed by atoms with E-state index in [9.17, 15) is 4.79 Å². The molecule has 2 heterocycles. The van der Waals surface area contributed by atoms with E-state index < -0.39 is 0 Å². The summed E-state index contributed by atoms with van der Waals surface area (Å²) in [5.41, 5.74) is 1.04. The molecule has 1 amide bonds. The minimum atomic E-state index is -0.0142. The number of rotatable bonds is 3. The van der Waals surface area contributed by atoms with Gasteiger partial charge in [0.2, 0.25) is 5.91 Å². The molecule has 2 aromatic rings. The van der Waals surface area contributed by atoms with Gasteiger partial charge in [0.15, 0.2) is 0 Å². The number of nitrogens with zero attached hydrogens (tertiary/aromatic N) is 1. The summed E-state index contributed by atoms with van der Waals surface area (Å²) in [6.45, 7) is 4.16. The Labute approximate surface area is 177 Å². The number of carbonyl (C=O) groups excluding carboxylic acids is 1. The molecule has 2 N–H and O–H groups in total. The van der Waals surface area contributed by atoms with Gasteiger partial charge < -0.3 is 10.6 Å². The van der Waals surface area contributed by atoms with Crippen LogP contribution in [-0.2, 0) is 4.79 Å². The molecular weight excluding hydrogens is 401 g/mol. The molecule has 4 atom stereocenters. The molecule has 148 valence electrons. The summed E-state index contributed by atoms with van der Waals surface area (Å²) in [4.78, 5) is 17.8. The summed E-state index contributed by atoms with van der Waals surface area (Å²) >= 11 is 1.73. The summed E-state index contributed by atoms with van der Waals surface area (Å²) in [7, 11) is 0. The summed E-state index contributed by atoms with van der Waals surface area (Å²) in [5.74, 6) is 0.897. The third-order valence-electron chi connectivity index (χ3n) is 5.55. The molecule has 1 aromatic heterocycles. The number of piperidine rings is 1. The fourth-order valence-corrected chi connectivity index (χ4v) is 5.04. The Morgan fingerprint density at radius 1 is 1.22 bits per heavy atom. The van der Waals surface area contributed by atoms with E-state index in [0.29, 0.717) is 5.92 Å². The van der Waals surface area contributed by atoms with Crippen molar-refractivity contribution >= 4 is 52.3 Å². The molecule has 0 saturated carbocycles. The first-order valence-electron chi connectivity index (χ1n) is 9.24. The van der Waals surface area contributed by atoms with Gasteiger partial charge in [-0.15, -0.1) is 36.2 Å². The third-order valence-corrected chi connectivity index (χ3v) is 6.72. The summed E-state index contributed by atoms with van der Waals surface area (Å²) in [5, 5.41) is 7.81. The Morgan fingerprint density at radius 3 is 2.78 bits per heavy atom. The first kappa shape index (κ1) is 22.2. The molecule has 0 bridgehead atoms. The summed E-state index contributed by atoms with van der Waals surface area (Å²) < 4.78 is 1.20. The summed E-state index contributed by atoms with van der Waals surface area (Å²) in [6, 6.07) is 8.47. The van der Waals surface area contributed by atoms with Gasteiger partial charge in [-0.2, -0.15) is 0 Å². The van der Waals surface area contributed by atoms with Crippen molar-refractivity contribution < 1.29 is 4.79 Å². The van der Waals surface area contributed by atoms with Crippen LogP contribution in [0, 0.1) is 11.8 Å². The normalized spacial score (nSPS) is 27.4. The van der Waals surface area contributed by atoms with Crippen LogP contribution in [0.5, 0.6) is 0 Å². The van der Waals surface area contributed by atoms with E-state index in [4.69, 9.17) is 4.98 Å². The van der Waals surface area contributed by atoms with Crippen molar-refractivity contribution in [1.82, 2.24) is 15.6 Å². The second-order valence-electron chi connectivity index (χ2n) is 7.26. The van der Waals surface area contributed by atoms with E-state index in [2.05, 4.69) is 41.8 Å². The smallest absolute Gasteiger partial charge is 0.224 e. The minimum Gasteiger partial charge on any atom is -0.352 e. The van der Waals surface area contributed by atoms with Crippen LogP contribution in [0.25, 0.3) is 10.2 Å². The van der Waals surface area contributed by atoms with Gasteiger partial charge in [-0.1, -0.05) is 31.2 Å². The molecule has 0 spiro atoms. The van der Waals surface area contributed by atoms with Gasteiger partial charge in [0.25, 0.3) is 0 Å². The molecule has 27 heavy (non-hydrogen) atoms. The van der Waals surface area contributed by atoms with E-state index in [1.807, 2.05) is 12.1 Å². The average molecular weight is 428 g/mol. The molecule has 1 aliphatic carbocycles. The first-order chi connectivity index (χ1) is 12.2. The zero-order chi connectivity index (χ0) is 17.2. The standard InChI is InChI=1S/C20H25N3OS.2ClH/c1-13-10-11-21-12-17(13)22-19(24)14-6-2-3-7-15(14)20-23-16-8-4-5-9-18(16)25-20;;/h2-5,8-9,13-15,17,21H,6-7,10-12H2,1H3,(H,22,24);2*1H. The molecular formula is C20H27Cl2N3OS. The van der Waals surface area contributed by atoms with Crippen LogP contribution in [0.3, 0.4) is 0 Å². The largest absolute Gasteiger partial charge is 0.352 e. The molecule has 0 radical (unpaired) electrons. The van der Waals surface area contributed by atoms with Crippen LogP contribution < -0.4 is 10.6 Å². The van der Waals surface area contributed by atoms with Crippen LogP contribution in [0.15, 0.2) is 36.4 Å². The van der Waals surface area contributed by atoms with E-state index in [1.165, 1.54) is 4.70 Å². The lowest BCUT2D eigenvalue weighted by molar-refractivity contribution is -0.127. The lowest BCUT2D eigenvalue weighted by atomic mass is 9.82. The Hall–Kier alpha value is -1.14. The number of para-hydroxylation sites is 1. The highest BCUT2D eigenvalue weighted by atomic mass is 35.5. The zero-order valence-electron chi connectivity index (χ0n) is 15.4. The number of carbonyl (C=O) groups is 1. The van der Waals surface area contributed by atoms with Crippen LogP contribution in [-0.4, -0.2) is 30.0 Å². The van der Waals surface area contributed by atoms with Crippen LogP contribution in [0.1, 0.15) is 37.1 Å². The zero-order valence-corrected chi connectivity index (χ0v) is 17.8. The molecule has 4 unspecified atom stereocenters. The Morgan fingerprint density at radius 2 is 2.00 bits per heavy atom. The minimum absolute atomic E-state index is 0. The Bertz CT molecular complexity index is 761. The van der Waals surface area contributed by atoms with Crippen LogP contribution in [0.2, 0.25) is 0 Å². The lowest BCUT2D eigenvalue weighted by Gasteiger charge is -2.33. The summed E-state index contributed by atoms with van der Waals surface area (Å²) in [6.07, 6.45) is 7.18. The second-order valence-corrected chi connectivity index (χ2v) is 8.32. The highest BCUT2D eigenvalue weighted by Gasteiger charge is 2.34. The number of thiazole rings is 1. The van der Waals surface area contributed by atoms with Crippen molar-refractivity contribution in [1.29, 1.82) is 0 Å². The van der Waals surface area contributed by atoms with Gasteiger partial charge in [0.1, 0.15) is 0 Å². The number of hydrogen-bond acceptors (Lipinski definition) is 4. The quantitative estimate of drug-likeness (QED) is 0.717. The molecule has 1 fully saturated rings. The number of halogens is 2. The maximum atomic E-state index is 13.0. The number of nitrogens with one attached hydrogen (secondary N) is 2. The van der Waals surface area contributed by atoms with Crippen molar-refractivity contribution in [2.45, 2.75) is 38.1 Å². The molecule has 1 aliphatic heterocycles. The van der Waals surface area contributed by atoms with Gasteiger partial charge in [-0.05, 0) is 43.9 Å². The number of allylic oxidation sites excluding steroid dienone is 2. The predicted octanol–water partition coefficient (Wildman–Crippen LogP) is 4.30. The second kappa shape index (κ2) is 9.87. The number of benzene rings is 1. The highest BCUT2D eigenvalue weighted by Crippen LogP contribution is 2.38. The monoisotopic (exact) mass is 427 g/mol. The van der Waals surface area contributed by atoms with Gasteiger partial charge in [-0.25, -0.2) is 4.98 Å². The van der Waals surface area contributed by atoms with Crippen molar-refractivity contribution in [3.05, 3.63) is 41.4 Å². The SMILES string of the molecule is CC1CCNCC1NC(=O)C1CC=CCC1c1nc2ccccc2s1.Cl.Cl. The van der Waals surface area contributed by atoms with Gasteiger partial charge >= 0.3 is 0 Å². The fraction of sp³-hybridized carbons (Fsp3) is 0.500. The molecule has 1 aromatic carbocycles. The third kappa shape index (κ3) is 4.83. The number of aromatic nitrogens is 1. The number of hydrogen-bond donors (Lipinski definition) is 2. The average Bonchev–Trinajstić information content (AvgIpc) is 3.07. The van der Waals surface area contributed by atoms with Gasteiger partial charge in [-0.3, -0.25) is 4.79 Å². The van der Waals surface area contributed by atoms with E-state index in [0.717, 1.165) is 42.9 Å². The molecule has 1 saturated heterocycles. The van der Waals surface area contributed by atoms with Gasteiger partial charge in [0, 0.05) is 18.5 Å². The lowest BCUT2D eigenvalue weighted by Crippen LogP contribution is -2.52. The highest BCUT2D eigenvalue weighted by molar-refractivity contribution is 7.18. The topological polar surface area (TPSA) is 54.0 Å². The number of amides is 1. The van der Waals surface area contributed by atoms with Crippen LogP contribution >= 0.6 is 36.2 Å². The molecule has 2 aliphatic rings. The molecule has 4 nitrogen and oxygen atoms in total. The molecule has 4 rings (SSSR count).